The molecule has 0 bridgehead atoms. The molecule has 170 valence electrons. The Bertz CT molecular complexity index is 1020. The van der Waals surface area contributed by atoms with E-state index in [2.05, 4.69) is 36.0 Å². The molecule has 4 heterocycles. The summed E-state index contributed by atoms with van der Waals surface area (Å²) in [7, 11) is 0. The van der Waals surface area contributed by atoms with Crippen LogP contribution in [0, 0.1) is 0 Å². The number of carbonyl (C=O) groups excluding carboxylic acids is 1. The van der Waals surface area contributed by atoms with Crippen LogP contribution in [0.2, 0.25) is 0 Å². The van der Waals surface area contributed by atoms with Crippen molar-refractivity contribution < 1.29 is 9.53 Å². The Morgan fingerprint density at radius 1 is 1.34 bits per heavy atom. The number of morpholine rings is 1. The first-order valence-electron chi connectivity index (χ1n) is 10.9. The molecule has 3 fully saturated rings. The van der Waals surface area contributed by atoms with Gasteiger partial charge in [0.25, 0.3) is 5.91 Å². The van der Waals surface area contributed by atoms with E-state index in [0.29, 0.717) is 10.1 Å². The molecule has 4 N–H and O–H groups in total. The van der Waals surface area contributed by atoms with E-state index in [0.717, 1.165) is 68.9 Å². The lowest BCUT2D eigenvalue weighted by molar-refractivity contribution is -0.115. The zero-order chi connectivity index (χ0) is 21.8. The highest BCUT2D eigenvalue weighted by Crippen LogP contribution is 2.31. The van der Waals surface area contributed by atoms with Crippen molar-refractivity contribution in [2.45, 2.75) is 17.2 Å². The molecule has 11 heteroatoms. The molecule has 2 aromatic rings. The summed E-state index contributed by atoms with van der Waals surface area (Å²) in [5.41, 5.74) is 1.92. The van der Waals surface area contributed by atoms with Gasteiger partial charge >= 0.3 is 0 Å². The highest BCUT2D eigenvalue weighted by Gasteiger charge is 2.28. The summed E-state index contributed by atoms with van der Waals surface area (Å²) in [6, 6.07) is 5.81. The van der Waals surface area contributed by atoms with Gasteiger partial charge in [-0.1, -0.05) is 6.08 Å². The average Bonchev–Trinajstić information content (AvgIpc) is 3.53. The van der Waals surface area contributed by atoms with Gasteiger partial charge in [0.15, 0.2) is 5.17 Å². The Morgan fingerprint density at radius 3 is 3.16 bits per heavy atom. The van der Waals surface area contributed by atoms with Crippen molar-refractivity contribution in [3.05, 3.63) is 35.4 Å². The summed E-state index contributed by atoms with van der Waals surface area (Å²) >= 11 is 3.21. The van der Waals surface area contributed by atoms with Gasteiger partial charge in [0, 0.05) is 30.3 Å². The van der Waals surface area contributed by atoms with Crippen LogP contribution in [0.1, 0.15) is 6.42 Å². The van der Waals surface area contributed by atoms with E-state index in [4.69, 9.17) is 4.74 Å². The van der Waals surface area contributed by atoms with E-state index in [-0.39, 0.29) is 16.7 Å². The van der Waals surface area contributed by atoms with Gasteiger partial charge in [-0.05, 0) is 49.5 Å². The number of aromatic amines is 1. The number of benzene rings is 1. The van der Waals surface area contributed by atoms with E-state index in [1.807, 2.05) is 36.0 Å². The molecule has 1 aromatic heterocycles. The molecule has 0 saturated carbocycles. The lowest BCUT2D eigenvalue weighted by Crippen LogP contribution is -2.40. The number of aromatic nitrogens is 2. The van der Waals surface area contributed by atoms with E-state index in [9.17, 15) is 4.79 Å². The Hall–Kier alpha value is -1.89. The SMILES string of the molecule is O=C1NC(=Nc2ccc3cn[nH]c3c2)SC1=CC1CNC(NCCCN2CCOCC2)S1. The van der Waals surface area contributed by atoms with Crippen molar-refractivity contribution >= 4 is 51.2 Å². The number of nitrogens with one attached hydrogen (secondary N) is 4. The molecule has 5 rings (SSSR count). The molecule has 2 atom stereocenters. The van der Waals surface area contributed by atoms with Crippen LogP contribution in [0.25, 0.3) is 10.9 Å². The zero-order valence-corrected chi connectivity index (χ0v) is 19.3. The molecule has 0 spiro atoms. The number of aliphatic imine (C=N–C) groups is 1. The third kappa shape index (κ3) is 5.53. The molecule has 2 unspecified atom stereocenters. The predicted octanol–water partition coefficient (Wildman–Crippen LogP) is 1.60. The smallest absolute Gasteiger partial charge is 0.263 e. The Morgan fingerprint density at radius 2 is 2.25 bits per heavy atom. The average molecular weight is 474 g/mol. The summed E-state index contributed by atoms with van der Waals surface area (Å²) in [4.78, 5) is 20.2. The molecule has 3 saturated heterocycles. The highest BCUT2D eigenvalue weighted by molar-refractivity contribution is 8.18. The predicted molar refractivity (Wildman–Crippen MR) is 130 cm³/mol. The van der Waals surface area contributed by atoms with Crippen LogP contribution in [0.3, 0.4) is 0 Å². The monoisotopic (exact) mass is 473 g/mol. The minimum absolute atomic E-state index is 0.0844. The first-order valence-corrected chi connectivity index (χ1v) is 12.6. The maximum Gasteiger partial charge on any atom is 0.263 e. The summed E-state index contributed by atoms with van der Waals surface area (Å²) in [6.07, 6.45) is 4.94. The van der Waals surface area contributed by atoms with Gasteiger partial charge in [-0.15, -0.1) is 11.8 Å². The van der Waals surface area contributed by atoms with Crippen LogP contribution < -0.4 is 16.0 Å². The number of hydrogen-bond donors (Lipinski definition) is 4. The zero-order valence-electron chi connectivity index (χ0n) is 17.7. The first kappa shape index (κ1) is 21.9. The Balaban J connectivity index is 1.10. The third-order valence-electron chi connectivity index (χ3n) is 5.54. The van der Waals surface area contributed by atoms with E-state index in [1.165, 1.54) is 11.8 Å². The fourth-order valence-corrected chi connectivity index (χ4v) is 5.98. The number of amides is 1. The second-order valence-corrected chi connectivity index (χ2v) is 10.2. The van der Waals surface area contributed by atoms with Crippen LogP contribution in [0.15, 0.2) is 40.4 Å². The quantitative estimate of drug-likeness (QED) is 0.355. The van der Waals surface area contributed by atoms with Crippen molar-refractivity contribution in [3.8, 4) is 0 Å². The molecule has 9 nitrogen and oxygen atoms in total. The minimum Gasteiger partial charge on any atom is -0.379 e. The van der Waals surface area contributed by atoms with Crippen molar-refractivity contribution in [1.82, 2.24) is 31.0 Å². The number of carbonyl (C=O) groups is 1. The number of hydrogen-bond acceptors (Lipinski definition) is 9. The lowest BCUT2D eigenvalue weighted by Gasteiger charge is -2.26. The summed E-state index contributed by atoms with van der Waals surface area (Å²) in [5, 5.41) is 18.8. The second-order valence-electron chi connectivity index (χ2n) is 7.87. The van der Waals surface area contributed by atoms with Crippen LogP contribution in [0.5, 0.6) is 0 Å². The van der Waals surface area contributed by atoms with Gasteiger partial charge in [-0.25, -0.2) is 4.99 Å². The number of ether oxygens (including phenoxy) is 1. The minimum atomic E-state index is -0.0844. The van der Waals surface area contributed by atoms with Gasteiger partial charge in [0.2, 0.25) is 0 Å². The fourth-order valence-electron chi connectivity index (χ4n) is 3.85. The maximum atomic E-state index is 12.4. The standard InChI is InChI=1S/C21H27N7O2S2/c29-19-18(32-21(26-19)25-15-3-2-14-12-24-27-17(14)10-15)11-16-13-23-20(31-16)22-4-1-5-28-6-8-30-9-7-28/h2-3,10-12,16,20,22-23H,1,4-9,13H2,(H,24,27)(H,25,26,29). The number of H-pyrrole nitrogens is 1. The van der Waals surface area contributed by atoms with E-state index in [1.54, 1.807) is 6.20 Å². The van der Waals surface area contributed by atoms with Gasteiger partial charge in [0.05, 0.1) is 35.5 Å². The molecule has 3 aliphatic rings. The Kier molecular flexibility index (Phi) is 7.10. The van der Waals surface area contributed by atoms with Crippen molar-refractivity contribution in [2.24, 2.45) is 4.99 Å². The van der Waals surface area contributed by atoms with Crippen molar-refractivity contribution in [1.29, 1.82) is 0 Å². The van der Waals surface area contributed by atoms with Gasteiger partial charge in [-0.3, -0.25) is 25.4 Å². The Labute approximate surface area is 195 Å². The number of thioether (sulfide) groups is 2. The molecular formula is C21H27N7O2S2. The fraction of sp³-hybridized carbons (Fsp3) is 0.476. The second kappa shape index (κ2) is 10.4. The molecule has 32 heavy (non-hydrogen) atoms. The molecule has 3 aliphatic heterocycles. The topological polar surface area (TPSA) is 107 Å². The van der Waals surface area contributed by atoms with Crippen LogP contribution >= 0.6 is 23.5 Å². The lowest BCUT2D eigenvalue weighted by atomic mass is 10.2. The maximum absolute atomic E-state index is 12.4. The highest BCUT2D eigenvalue weighted by atomic mass is 32.2. The molecule has 1 aromatic carbocycles. The molecule has 0 radical (unpaired) electrons. The molecular weight excluding hydrogens is 446 g/mol. The van der Waals surface area contributed by atoms with Crippen LogP contribution in [0.4, 0.5) is 5.69 Å². The number of nitrogens with zero attached hydrogens (tertiary/aromatic N) is 3. The van der Waals surface area contributed by atoms with Gasteiger partial charge < -0.3 is 10.1 Å². The molecule has 0 aliphatic carbocycles. The van der Waals surface area contributed by atoms with Gasteiger partial charge in [-0.2, -0.15) is 5.10 Å². The number of rotatable bonds is 7. The summed E-state index contributed by atoms with van der Waals surface area (Å²) < 4.78 is 5.39. The van der Waals surface area contributed by atoms with Crippen LogP contribution in [-0.2, 0) is 9.53 Å². The first-order chi connectivity index (χ1) is 15.7. The number of amidine groups is 1. The van der Waals surface area contributed by atoms with Crippen molar-refractivity contribution in [3.63, 3.8) is 0 Å². The van der Waals surface area contributed by atoms with Crippen LogP contribution in [-0.4, -0.2) is 82.9 Å². The number of fused-ring (bicyclic) bond motifs is 1. The van der Waals surface area contributed by atoms with E-state index < -0.39 is 0 Å². The largest absolute Gasteiger partial charge is 0.379 e. The molecule has 1 amide bonds. The summed E-state index contributed by atoms with van der Waals surface area (Å²) in [5.74, 6) is -0.0844. The van der Waals surface area contributed by atoms with Crippen molar-refractivity contribution in [2.75, 3.05) is 45.9 Å². The van der Waals surface area contributed by atoms with Gasteiger partial charge in [0.1, 0.15) is 5.50 Å². The van der Waals surface area contributed by atoms with E-state index >= 15 is 0 Å². The summed E-state index contributed by atoms with van der Waals surface area (Å²) in [6.45, 7) is 6.68. The normalized spacial score (nSPS) is 27.1. The third-order valence-corrected chi connectivity index (χ3v) is 7.73.